The molecule has 0 bridgehead atoms. The van der Waals surface area contributed by atoms with Gasteiger partial charge in [0.25, 0.3) is 0 Å². The number of nitrogens with one attached hydrogen (secondary N) is 1. The Morgan fingerprint density at radius 3 is 2.43 bits per heavy atom. The first-order valence-corrected chi connectivity index (χ1v) is 5.08. The van der Waals surface area contributed by atoms with Crippen LogP contribution in [-0.4, -0.2) is 16.1 Å². The van der Waals surface area contributed by atoms with E-state index in [0.29, 0.717) is 5.69 Å². The lowest BCUT2D eigenvalue weighted by atomic mass is 10.3. The van der Waals surface area contributed by atoms with Gasteiger partial charge in [0, 0.05) is 5.69 Å². The molecule has 1 heterocycles. The Hall–Kier alpha value is -0.450. The van der Waals surface area contributed by atoms with E-state index in [1.165, 1.54) is 12.1 Å². The number of amides is 1. The van der Waals surface area contributed by atoms with Gasteiger partial charge in [0.1, 0.15) is 10.3 Å². The van der Waals surface area contributed by atoms with Crippen LogP contribution < -0.4 is 5.32 Å². The van der Waals surface area contributed by atoms with Gasteiger partial charge < -0.3 is 5.32 Å². The normalized spacial score (nSPS) is 12.3. The van der Waals surface area contributed by atoms with E-state index in [0.717, 1.165) is 0 Å². The topological polar surface area (TPSA) is 42.0 Å². The maximum atomic E-state index is 11.2. The van der Waals surface area contributed by atoms with Crippen molar-refractivity contribution in [3.63, 3.8) is 0 Å². The molecule has 0 aliphatic heterocycles. The van der Waals surface area contributed by atoms with E-state index in [-0.39, 0.29) is 21.5 Å². The molecule has 1 rings (SSSR count). The van der Waals surface area contributed by atoms with Crippen LogP contribution in [0.1, 0.15) is 6.92 Å². The van der Waals surface area contributed by atoms with E-state index in [9.17, 15) is 4.79 Å². The van der Waals surface area contributed by atoms with Gasteiger partial charge in [0.05, 0.1) is 5.25 Å². The first-order chi connectivity index (χ1) is 6.49. The van der Waals surface area contributed by atoms with Crippen LogP contribution in [0.5, 0.6) is 0 Å². The van der Waals surface area contributed by atoms with Gasteiger partial charge in [-0.3, -0.25) is 4.79 Å². The Kier molecular flexibility index (Phi) is 4.04. The molecule has 0 radical (unpaired) electrons. The van der Waals surface area contributed by atoms with Crippen molar-refractivity contribution in [2.45, 2.75) is 12.2 Å². The molecular weight excluding hydrogens is 243 g/mol. The fourth-order valence-corrected chi connectivity index (χ4v) is 1.31. The van der Waals surface area contributed by atoms with Crippen LogP contribution in [-0.2, 0) is 4.79 Å². The summed E-state index contributed by atoms with van der Waals surface area (Å²) < 4.78 is 0. The Bertz CT molecular complexity index is 337. The lowest BCUT2D eigenvalue weighted by Crippen LogP contribution is -2.20. The van der Waals surface area contributed by atoms with Gasteiger partial charge in [-0.15, -0.1) is 0 Å². The molecule has 1 unspecified atom stereocenters. The number of pyridine rings is 1. The number of anilines is 1. The minimum atomic E-state index is -0.388. The predicted molar refractivity (Wildman–Crippen MR) is 61.3 cm³/mol. The van der Waals surface area contributed by atoms with Crippen molar-refractivity contribution in [3.05, 3.63) is 22.4 Å². The van der Waals surface area contributed by atoms with Crippen molar-refractivity contribution >= 4 is 47.4 Å². The fraction of sp³-hybridized carbons (Fsp3) is 0.250. The summed E-state index contributed by atoms with van der Waals surface area (Å²) in [7, 11) is 0. The fourth-order valence-electron chi connectivity index (χ4n) is 0.784. The standard InChI is InChI=1S/C8H8Cl2N2OS/c1-4(14)8(13)11-5-2-6(9)12-7(10)3-5/h2-4,14H,1H3,(H,11,12,13). The maximum Gasteiger partial charge on any atom is 0.236 e. The molecule has 0 saturated carbocycles. The van der Waals surface area contributed by atoms with Crippen molar-refractivity contribution in [1.29, 1.82) is 0 Å². The molecular formula is C8H8Cl2N2OS. The van der Waals surface area contributed by atoms with Crippen LogP contribution >= 0.6 is 35.8 Å². The number of carbonyl (C=O) groups excluding carboxylic acids is 1. The van der Waals surface area contributed by atoms with Gasteiger partial charge in [-0.05, 0) is 19.1 Å². The largest absolute Gasteiger partial charge is 0.325 e. The molecule has 0 fully saturated rings. The second-order valence-corrected chi connectivity index (χ2v) is 4.22. The van der Waals surface area contributed by atoms with Gasteiger partial charge >= 0.3 is 0 Å². The molecule has 1 aromatic heterocycles. The van der Waals surface area contributed by atoms with E-state index in [2.05, 4.69) is 22.9 Å². The highest BCUT2D eigenvalue weighted by Crippen LogP contribution is 2.18. The molecule has 1 atom stereocenters. The molecule has 0 aromatic carbocycles. The van der Waals surface area contributed by atoms with Gasteiger partial charge in [-0.1, -0.05) is 23.2 Å². The van der Waals surface area contributed by atoms with Gasteiger partial charge in [-0.25, -0.2) is 4.98 Å². The van der Waals surface area contributed by atoms with Crippen LogP contribution in [0.4, 0.5) is 5.69 Å². The maximum absolute atomic E-state index is 11.2. The van der Waals surface area contributed by atoms with Crippen molar-refractivity contribution in [1.82, 2.24) is 4.98 Å². The van der Waals surface area contributed by atoms with Crippen molar-refractivity contribution in [3.8, 4) is 0 Å². The molecule has 0 aliphatic rings. The van der Waals surface area contributed by atoms with Crippen molar-refractivity contribution in [2.24, 2.45) is 0 Å². The number of thiol groups is 1. The summed E-state index contributed by atoms with van der Waals surface area (Å²) in [4.78, 5) is 15.0. The average molecular weight is 251 g/mol. The zero-order chi connectivity index (χ0) is 10.7. The second-order valence-electron chi connectivity index (χ2n) is 2.67. The first kappa shape index (κ1) is 11.6. The monoisotopic (exact) mass is 250 g/mol. The quantitative estimate of drug-likeness (QED) is 0.626. The zero-order valence-corrected chi connectivity index (χ0v) is 9.70. The summed E-state index contributed by atoms with van der Waals surface area (Å²) in [5.41, 5.74) is 0.515. The van der Waals surface area contributed by atoms with Gasteiger partial charge in [0.15, 0.2) is 0 Å². The second kappa shape index (κ2) is 4.87. The lowest BCUT2D eigenvalue weighted by molar-refractivity contribution is -0.115. The Morgan fingerprint density at radius 1 is 1.50 bits per heavy atom. The van der Waals surface area contributed by atoms with E-state index >= 15 is 0 Å². The molecule has 1 N–H and O–H groups in total. The van der Waals surface area contributed by atoms with Crippen LogP contribution in [0, 0.1) is 0 Å². The SMILES string of the molecule is CC(S)C(=O)Nc1cc(Cl)nc(Cl)c1. The first-order valence-electron chi connectivity index (χ1n) is 3.81. The molecule has 0 spiro atoms. The summed E-state index contributed by atoms with van der Waals surface area (Å²) in [5, 5.41) is 2.68. The number of carbonyl (C=O) groups is 1. The lowest BCUT2D eigenvalue weighted by Gasteiger charge is -2.07. The van der Waals surface area contributed by atoms with Crippen molar-refractivity contribution < 1.29 is 4.79 Å². The highest BCUT2D eigenvalue weighted by molar-refractivity contribution is 7.81. The van der Waals surface area contributed by atoms with Crippen LogP contribution in [0.2, 0.25) is 10.3 Å². The molecule has 0 aliphatic carbocycles. The highest BCUT2D eigenvalue weighted by Gasteiger charge is 2.08. The van der Waals surface area contributed by atoms with Crippen LogP contribution in [0.25, 0.3) is 0 Å². The molecule has 6 heteroatoms. The molecule has 14 heavy (non-hydrogen) atoms. The van der Waals surface area contributed by atoms with Crippen LogP contribution in [0.15, 0.2) is 12.1 Å². The Balaban J connectivity index is 2.82. The van der Waals surface area contributed by atoms with E-state index in [4.69, 9.17) is 23.2 Å². The number of rotatable bonds is 2. The minimum Gasteiger partial charge on any atom is -0.325 e. The van der Waals surface area contributed by atoms with Crippen LogP contribution in [0.3, 0.4) is 0 Å². The summed E-state index contributed by atoms with van der Waals surface area (Å²) in [6.45, 7) is 1.67. The third-order valence-corrected chi connectivity index (χ3v) is 2.03. The number of nitrogens with zero attached hydrogens (tertiary/aromatic N) is 1. The Morgan fingerprint density at radius 2 is 2.00 bits per heavy atom. The third-order valence-electron chi connectivity index (χ3n) is 1.41. The van der Waals surface area contributed by atoms with E-state index in [1.54, 1.807) is 6.92 Å². The third kappa shape index (κ3) is 3.36. The van der Waals surface area contributed by atoms with Gasteiger partial charge in [0.2, 0.25) is 5.91 Å². The molecule has 76 valence electrons. The van der Waals surface area contributed by atoms with E-state index in [1.807, 2.05) is 0 Å². The number of aromatic nitrogens is 1. The summed E-state index contributed by atoms with van der Waals surface area (Å²) in [5.74, 6) is -0.216. The summed E-state index contributed by atoms with van der Waals surface area (Å²) >= 11 is 15.3. The smallest absolute Gasteiger partial charge is 0.236 e. The molecule has 3 nitrogen and oxygen atoms in total. The zero-order valence-electron chi connectivity index (χ0n) is 7.29. The minimum absolute atomic E-state index is 0.216. The number of hydrogen-bond acceptors (Lipinski definition) is 3. The molecule has 1 amide bonds. The summed E-state index contributed by atoms with van der Waals surface area (Å²) in [6, 6.07) is 3.03. The summed E-state index contributed by atoms with van der Waals surface area (Å²) in [6.07, 6.45) is 0. The number of halogens is 2. The Labute approximate surface area is 97.2 Å². The molecule has 1 aromatic rings. The van der Waals surface area contributed by atoms with Gasteiger partial charge in [-0.2, -0.15) is 12.6 Å². The van der Waals surface area contributed by atoms with E-state index < -0.39 is 0 Å². The number of hydrogen-bond donors (Lipinski definition) is 2. The average Bonchev–Trinajstić information content (AvgIpc) is 2.01. The molecule has 0 saturated heterocycles. The van der Waals surface area contributed by atoms with Crippen molar-refractivity contribution in [2.75, 3.05) is 5.32 Å². The highest BCUT2D eigenvalue weighted by atomic mass is 35.5. The predicted octanol–water partition coefficient (Wildman–Crippen LogP) is 2.65.